The number of nitrogens with zero attached hydrogens (tertiary/aromatic N) is 1. The Hall–Kier alpha value is -4.17. The molecule has 3 N–H and O–H groups in total. The van der Waals surface area contributed by atoms with Crippen LogP contribution in [0.25, 0.3) is 0 Å². The summed E-state index contributed by atoms with van der Waals surface area (Å²) in [6, 6.07) is 17.5. The van der Waals surface area contributed by atoms with Crippen LogP contribution >= 0.6 is 11.6 Å². The van der Waals surface area contributed by atoms with Gasteiger partial charge >= 0.3 is 11.8 Å². The van der Waals surface area contributed by atoms with E-state index in [9.17, 15) is 14.4 Å². The van der Waals surface area contributed by atoms with E-state index < -0.39 is 11.8 Å². The summed E-state index contributed by atoms with van der Waals surface area (Å²) < 4.78 is 5.65. The second kappa shape index (κ2) is 11.8. The number of hydrazone groups is 1. The number of amides is 3. The molecule has 0 unspecified atom stereocenters. The van der Waals surface area contributed by atoms with Crippen molar-refractivity contribution in [2.24, 2.45) is 5.10 Å². The lowest BCUT2D eigenvalue weighted by Gasteiger charge is -2.13. The van der Waals surface area contributed by atoms with E-state index in [0.29, 0.717) is 22.0 Å². The molecular formula is C26H25ClN4O4. The molecule has 0 spiro atoms. The molecule has 8 nitrogen and oxygen atoms in total. The third-order valence-corrected chi connectivity index (χ3v) is 5.44. The highest BCUT2D eigenvalue weighted by molar-refractivity contribution is 6.39. The predicted octanol–water partition coefficient (Wildman–Crippen LogP) is 4.37. The van der Waals surface area contributed by atoms with Gasteiger partial charge in [-0.15, -0.1) is 0 Å². The summed E-state index contributed by atoms with van der Waals surface area (Å²) in [6.45, 7) is 5.44. The Kier molecular flexibility index (Phi) is 8.58. The van der Waals surface area contributed by atoms with Gasteiger partial charge in [0.1, 0.15) is 5.75 Å². The first-order valence-corrected chi connectivity index (χ1v) is 11.1. The van der Waals surface area contributed by atoms with E-state index in [-0.39, 0.29) is 12.5 Å². The van der Waals surface area contributed by atoms with Gasteiger partial charge in [-0.1, -0.05) is 48.0 Å². The maximum absolute atomic E-state index is 12.4. The average molecular weight is 493 g/mol. The number of hydrogen-bond donors (Lipinski definition) is 3. The Morgan fingerprint density at radius 3 is 2.31 bits per heavy atom. The Labute approximate surface area is 208 Å². The number of anilines is 2. The van der Waals surface area contributed by atoms with Gasteiger partial charge in [-0.25, -0.2) is 5.43 Å². The van der Waals surface area contributed by atoms with Gasteiger partial charge in [-0.3, -0.25) is 14.4 Å². The van der Waals surface area contributed by atoms with E-state index >= 15 is 0 Å². The highest BCUT2D eigenvalue weighted by atomic mass is 35.5. The first kappa shape index (κ1) is 25.5. The maximum atomic E-state index is 12.4. The van der Waals surface area contributed by atoms with Crippen LogP contribution < -0.4 is 20.8 Å². The SMILES string of the molecule is Cc1ccc(NC(=O)C(=O)N/N=C\c2ccccc2OCC(=O)Nc2c(C)cccc2C)cc1Cl. The Morgan fingerprint density at radius 1 is 0.886 bits per heavy atom. The summed E-state index contributed by atoms with van der Waals surface area (Å²) in [6.07, 6.45) is 1.33. The van der Waals surface area contributed by atoms with Gasteiger partial charge in [0, 0.05) is 22.0 Å². The Bertz CT molecular complexity index is 1270. The van der Waals surface area contributed by atoms with Crippen molar-refractivity contribution in [3.63, 3.8) is 0 Å². The number of benzene rings is 3. The number of carbonyl (C=O) groups excluding carboxylic acids is 3. The summed E-state index contributed by atoms with van der Waals surface area (Å²) in [5.74, 6) is -1.77. The molecule has 0 saturated heterocycles. The molecule has 0 aliphatic rings. The van der Waals surface area contributed by atoms with Crippen LogP contribution in [0, 0.1) is 20.8 Å². The van der Waals surface area contributed by atoms with Crippen molar-refractivity contribution in [2.45, 2.75) is 20.8 Å². The van der Waals surface area contributed by atoms with Crippen LogP contribution in [0.15, 0.2) is 65.8 Å². The van der Waals surface area contributed by atoms with Gasteiger partial charge in [0.25, 0.3) is 5.91 Å². The maximum Gasteiger partial charge on any atom is 0.329 e. The highest BCUT2D eigenvalue weighted by Crippen LogP contribution is 2.21. The molecule has 35 heavy (non-hydrogen) atoms. The minimum atomic E-state index is -0.954. The Balaban J connectivity index is 1.55. The molecule has 0 atom stereocenters. The lowest BCUT2D eigenvalue weighted by Crippen LogP contribution is -2.32. The number of rotatable bonds is 7. The molecule has 3 aromatic rings. The average Bonchev–Trinajstić information content (AvgIpc) is 2.83. The summed E-state index contributed by atoms with van der Waals surface area (Å²) in [7, 11) is 0. The van der Waals surface area contributed by atoms with Crippen LogP contribution in [0.2, 0.25) is 5.02 Å². The number of halogens is 1. The zero-order valence-electron chi connectivity index (χ0n) is 19.5. The molecule has 0 aliphatic heterocycles. The van der Waals surface area contributed by atoms with Crippen molar-refractivity contribution in [3.05, 3.63) is 87.9 Å². The van der Waals surface area contributed by atoms with Crippen LogP contribution in [0.4, 0.5) is 11.4 Å². The van der Waals surface area contributed by atoms with Crippen molar-refractivity contribution in [2.75, 3.05) is 17.2 Å². The Morgan fingerprint density at radius 2 is 1.60 bits per heavy atom. The van der Waals surface area contributed by atoms with E-state index in [1.54, 1.807) is 42.5 Å². The van der Waals surface area contributed by atoms with E-state index in [0.717, 1.165) is 22.4 Å². The van der Waals surface area contributed by atoms with E-state index in [2.05, 4.69) is 21.2 Å². The molecule has 3 rings (SSSR count). The normalized spacial score (nSPS) is 10.6. The lowest BCUT2D eigenvalue weighted by atomic mass is 10.1. The second-order valence-electron chi connectivity index (χ2n) is 7.76. The molecule has 0 heterocycles. The number of aryl methyl sites for hydroxylation is 3. The predicted molar refractivity (Wildman–Crippen MR) is 137 cm³/mol. The first-order valence-electron chi connectivity index (χ1n) is 10.7. The molecular weight excluding hydrogens is 468 g/mol. The van der Waals surface area contributed by atoms with Crippen molar-refractivity contribution in [1.29, 1.82) is 0 Å². The standard InChI is InChI=1S/C26H25ClN4O4/c1-16-11-12-20(13-21(16)27)29-25(33)26(34)31-28-14-19-9-4-5-10-22(19)35-15-23(32)30-24-17(2)7-6-8-18(24)3/h4-14H,15H2,1-3H3,(H,29,33)(H,30,32)(H,31,34)/b28-14-. The molecule has 180 valence electrons. The van der Waals surface area contributed by atoms with Gasteiger partial charge in [0.2, 0.25) is 0 Å². The molecule has 9 heteroatoms. The van der Waals surface area contributed by atoms with E-state index in [1.165, 1.54) is 6.21 Å². The fourth-order valence-electron chi connectivity index (χ4n) is 3.12. The minimum Gasteiger partial charge on any atom is -0.483 e. The van der Waals surface area contributed by atoms with Crippen molar-refractivity contribution in [3.8, 4) is 5.75 Å². The van der Waals surface area contributed by atoms with Crippen LogP contribution in [0.1, 0.15) is 22.3 Å². The third-order valence-electron chi connectivity index (χ3n) is 5.03. The fraction of sp³-hybridized carbons (Fsp3) is 0.154. The molecule has 3 aromatic carbocycles. The number of para-hydroxylation sites is 2. The lowest BCUT2D eigenvalue weighted by molar-refractivity contribution is -0.136. The molecule has 0 radical (unpaired) electrons. The third kappa shape index (κ3) is 7.15. The van der Waals surface area contributed by atoms with Gasteiger partial charge in [-0.05, 0) is 61.7 Å². The monoisotopic (exact) mass is 492 g/mol. The van der Waals surface area contributed by atoms with Gasteiger partial charge in [0.15, 0.2) is 6.61 Å². The van der Waals surface area contributed by atoms with Crippen LogP contribution in [0.3, 0.4) is 0 Å². The minimum absolute atomic E-state index is 0.216. The number of ether oxygens (including phenoxy) is 1. The van der Waals surface area contributed by atoms with Gasteiger partial charge in [-0.2, -0.15) is 5.10 Å². The largest absolute Gasteiger partial charge is 0.483 e. The van der Waals surface area contributed by atoms with Gasteiger partial charge < -0.3 is 15.4 Å². The van der Waals surface area contributed by atoms with Crippen molar-refractivity contribution >= 4 is 46.9 Å². The molecule has 3 amide bonds. The zero-order valence-corrected chi connectivity index (χ0v) is 20.3. The summed E-state index contributed by atoms with van der Waals surface area (Å²) in [5.41, 5.74) is 6.58. The zero-order chi connectivity index (χ0) is 25.4. The summed E-state index contributed by atoms with van der Waals surface area (Å²) >= 11 is 6.03. The topological polar surface area (TPSA) is 109 Å². The van der Waals surface area contributed by atoms with Crippen molar-refractivity contribution in [1.82, 2.24) is 5.43 Å². The highest BCUT2D eigenvalue weighted by Gasteiger charge is 2.14. The summed E-state index contributed by atoms with van der Waals surface area (Å²) in [4.78, 5) is 36.5. The first-order chi connectivity index (χ1) is 16.7. The van der Waals surface area contributed by atoms with Crippen LogP contribution in [-0.4, -0.2) is 30.5 Å². The quantitative estimate of drug-likeness (QED) is 0.258. The number of hydrogen-bond acceptors (Lipinski definition) is 5. The fourth-order valence-corrected chi connectivity index (χ4v) is 3.30. The van der Waals surface area contributed by atoms with Gasteiger partial charge in [0.05, 0.1) is 6.21 Å². The van der Waals surface area contributed by atoms with Crippen LogP contribution in [0.5, 0.6) is 5.75 Å². The second-order valence-corrected chi connectivity index (χ2v) is 8.17. The van der Waals surface area contributed by atoms with Crippen molar-refractivity contribution < 1.29 is 19.1 Å². The van der Waals surface area contributed by atoms with Crippen LogP contribution in [-0.2, 0) is 14.4 Å². The number of nitrogens with one attached hydrogen (secondary N) is 3. The molecule has 0 fully saturated rings. The van der Waals surface area contributed by atoms with E-state index in [1.807, 2.05) is 39.0 Å². The smallest absolute Gasteiger partial charge is 0.329 e. The van der Waals surface area contributed by atoms with E-state index in [4.69, 9.17) is 16.3 Å². The molecule has 0 bridgehead atoms. The number of carbonyl (C=O) groups is 3. The summed E-state index contributed by atoms with van der Waals surface area (Å²) in [5, 5.41) is 9.61. The molecule has 0 aromatic heterocycles. The molecule has 0 aliphatic carbocycles. The molecule has 0 saturated carbocycles.